The quantitative estimate of drug-likeness (QED) is 0.749. The van der Waals surface area contributed by atoms with Gasteiger partial charge in [-0.05, 0) is 56.0 Å². The van der Waals surface area contributed by atoms with Gasteiger partial charge in [0.25, 0.3) is 11.8 Å². The highest BCUT2D eigenvalue weighted by Gasteiger charge is 2.30. The number of hydrogen-bond acceptors (Lipinski definition) is 4. The van der Waals surface area contributed by atoms with Crippen LogP contribution in [-0.2, 0) is 9.53 Å². The SMILES string of the molecule is Cc1cn(C=C2C(=O)Nc3cccc(C4CCNCC4)c32)cc1C(=O)N1CCOCC1. The molecule has 2 amide bonds. The smallest absolute Gasteiger partial charge is 0.257 e. The summed E-state index contributed by atoms with van der Waals surface area (Å²) in [5, 5.41) is 6.43. The fourth-order valence-electron chi connectivity index (χ4n) is 4.84. The number of benzene rings is 1. The van der Waals surface area contributed by atoms with Gasteiger partial charge >= 0.3 is 0 Å². The minimum atomic E-state index is -0.0937. The molecule has 0 aliphatic carbocycles. The van der Waals surface area contributed by atoms with E-state index in [1.165, 1.54) is 5.56 Å². The molecular formula is C24H28N4O3. The van der Waals surface area contributed by atoms with Crippen LogP contribution in [0.5, 0.6) is 0 Å². The summed E-state index contributed by atoms with van der Waals surface area (Å²) >= 11 is 0. The molecule has 0 spiro atoms. The van der Waals surface area contributed by atoms with Gasteiger partial charge in [0.2, 0.25) is 0 Å². The van der Waals surface area contributed by atoms with E-state index in [1.54, 1.807) is 0 Å². The average molecular weight is 421 g/mol. The van der Waals surface area contributed by atoms with Gasteiger partial charge < -0.3 is 24.8 Å². The fraction of sp³-hybridized carbons (Fsp3) is 0.417. The standard InChI is InChI=1S/C24H28N4O3/c1-16-13-27(14-19(16)24(30)28-9-11-31-12-10-28)15-20-22-18(17-5-7-25-8-6-17)3-2-4-21(22)26-23(20)29/h2-4,13-15,17,25H,5-12H2,1H3,(H,26,29). The van der Waals surface area contributed by atoms with E-state index in [1.807, 2.05) is 47.1 Å². The predicted octanol–water partition coefficient (Wildman–Crippen LogP) is 2.69. The zero-order valence-corrected chi connectivity index (χ0v) is 17.8. The van der Waals surface area contributed by atoms with Crippen LogP contribution in [-0.4, -0.2) is 60.7 Å². The summed E-state index contributed by atoms with van der Waals surface area (Å²) in [7, 11) is 0. The lowest BCUT2D eigenvalue weighted by Crippen LogP contribution is -2.40. The number of aromatic nitrogens is 1. The summed E-state index contributed by atoms with van der Waals surface area (Å²) in [6.07, 6.45) is 7.74. The second kappa shape index (κ2) is 8.32. The maximum atomic E-state index is 12.9. The van der Waals surface area contributed by atoms with Crippen molar-refractivity contribution in [3.8, 4) is 0 Å². The Morgan fingerprint density at radius 1 is 1.16 bits per heavy atom. The van der Waals surface area contributed by atoms with Gasteiger partial charge in [-0.3, -0.25) is 9.59 Å². The van der Waals surface area contributed by atoms with Crippen LogP contribution < -0.4 is 10.6 Å². The summed E-state index contributed by atoms with van der Waals surface area (Å²) in [6, 6.07) is 6.14. The zero-order valence-electron chi connectivity index (χ0n) is 17.8. The molecule has 7 nitrogen and oxygen atoms in total. The Bertz CT molecular complexity index is 1040. The van der Waals surface area contributed by atoms with Crippen LogP contribution in [0.4, 0.5) is 5.69 Å². The molecule has 0 radical (unpaired) electrons. The number of carbonyl (C=O) groups is 2. The third kappa shape index (κ3) is 3.79. The van der Waals surface area contributed by atoms with Crippen molar-refractivity contribution in [3.05, 3.63) is 52.8 Å². The molecule has 0 atom stereocenters. The molecule has 3 aliphatic rings. The Balaban J connectivity index is 1.49. The van der Waals surface area contributed by atoms with E-state index in [0.717, 1.165) is 42.7 Å². The molecule has 3 aliphatic heterocycles. The molecule has 0 saturated carbocycles. The monoisotopic (exact) mass is 420 g/mol. The minimum absolute atomic E-state index is 0.0182. The minimum Gasteiger partial charge on any atom is -0.378 e. The molecule has 7 heteroatoms. The molecule has 4 heterocycles. The Kier molecular flexibility index (Phi) is 5.38. The van der Waals surface area contributed by atoms with Gasteiger partial charge in [0.05, 0.1) is 24.4 Å². The normalized spacial score (nSPS) is 20.7. The molecule has 1 aromatic heterocycles. The Labute approximate surface area is 182 Å². The van der Waals surface area contributed by atoms with Crippen molar-refractivity contribution in [2.24, 2.45) is 0 Å². The van der Waals surface area contributed by atoms with Gasteiger partial charge in [0.15, 0.2) is 0 Å². The van der Waals surface area contributed by atoms with Crippen molar-refractivity contribution in [2.75, 3.05) is 44.7 Å². The first-order valence-electron chi connectivity index (χ1n) is 11.0. The second-order valence-electron chi connectivity index (χ2n) is 8.50. The van der Waals surface area contributed by atoms with E-state index >= 15 is 0 Å². The van der Waals surface area contributed by atoms with Gasteiger partial charge in [-0.1, -0.05) is 12.1 Å². The number of ether oxygens (including phenoxy) is 1. The number of piperidine rings is 1. The Hall–Kier alpha value is -2.90. The summed E-state index contributed by atoms with van der Waals surface area (Å²) in [5.41, 5.74) is 5.34. The topological polar surface area (TPSA) is 75.6 Å². The molecule has 2 fully saturated rings. The second-order valence-corrected chi connectivity index (χ2v) is 8.50. The number of nitrogens with one attached hydrogen (secondary N) is 2. The molecule has 0 unspecified atom stereocenters. The molecule has 1 aromatic carbocycles. The lowest BCUT2D eigenvalue weighted by molar-refractivity contribution is -0.110. The summed E-state index contributed by atoms with van der Waals surface area (Å²) in [6.45, 7) is 6.31. The van der Waals surface area contributed by atoms with Crippen molar-refractivity contribution < 1.29 is 14.3 Å². The number of carbonyl (C=O) groups excluding carboxylic acids is 2. The molecule has 2 aromatic rings. The number of hydrogen-bond donors (Lipinski definition) is 2. The molecule has 0 bridgehead atoms. The molecule has 2 N–H and O–H groups in total. The summed E-state index contributed by atoms with van der Waals surface area (Å²) in [4.78, 5) is 27.6. The third-order valence-corrected chi connectivity index (χ3v) is 6.49. The number of amides is 2. The Morgan fingerprint density at radius 3 is 2.71 bits per heavy atom. The van der Waals surface area contributed by atoms with E-state index < -0.39 is 0 Å². The van der Waals surface area contributed by atoms with E-state index in [4.69, 9.17) is 4.74 Å². The lowest BCUT2D eigenvalue weighted by Gasteiger charge is -2.26. The van der Waals surface area contributed by atoms with Gasteiger partial charge in [-0.25, -0.2) is 0 Å². The zero-order chi connectivity index (χ0) is 21.4. The van der Waals surface area contributed by atoms with Gasteiger partial charge in [0.1, 0.15) is 0 Å². The highest BCUT2D eigenvalue weighted by atomic mass is 16.5. The average Bonchev–Trinajstić information content (AvgIpc) is 3.33. The van der Waals surface area contributed by atoms with Crippen LogP contribution in [0.15, 0.2) is 30.6 Å². The lowest BCUT2D eigenvalue weighted by atomic mass is 9.85. The fourth-order valence-corrected chi connectivity index (χ4v) is 4.84. The predicted molar refractivity (Wildman–Crippen MR) is 120 cm³/mol. The van der Waals surface area contributed by atoms with Crippen LogP contribution >= 0.6 is 0 Å². The molecule has 162 valence electrons. The number of rotatable bonds is 3. The maximum Gasteiger partial charge on any atom is 0.257 e. The molecule has 31 heavy (non-hydrogen) atoms. The van der Waals surface area contributed by atoms with Crippen LogP contribution in [0.1, 0.15) is 45.8 Å². The number of fused-ring (bicyclic) bond motifs is 1. The number of anilines is 1. The van der Waals surface area contributed by atoms with Gasteiger partial charge in [-0.15, -0.1) is 0 Å². The number of morpholine rings is 1. The van der Waals surface area contributed by atoms with Gasteiger partial charge in [-0.2, -0.15) is 0 Å². The van der Waals surface area contributed by atoms with E-state index in [0.29, 0.717) is 43.4 Å². The van der Waals surface area contributed by atoms with Crippen molar-refractivity contribution in [2.45, 2.75) is 25.7 Å². The van der Waals surface area contributed by atoms with Crippen molar-refractivity contribution >= 4 is 29.3 Å². The van der Waals surface area contributed by atoms with Gasteiger partial charge in [0, 0.05) is 42.9 Å². The molecule has 2 saturated heterocycles. The maximum absolute atomic E-state index is 12.9. The van der Waals surface area contributed by atoms with Crippen LogP contribution in [0.25, 0.3) is 11.8 Å². The Morgan fingerprint density at radius 2 is 1.94 bits per heavy atom. The van der Waals surface area contributed by atoms with E-state index in [-0.39, 0.29) is 11.8 Å². The van der Waals surface area contributed by atoms with Crippen LogP contribution in [0.2, 0.25) is 0 Å². The van der Waals surface area contributed by atoms with Crippen molar-refractivity contribution in [1.82, 2.24) is 14.8 Å². The van der Waals surface area contributed by atoms with Crippen molar-refractivity contribution in [3.63, 3.8) is 0 Å². The van der Waals surface area contributed by atoms with E-state index in [2.05, 4.69) is 16.7 Å². The van der Waals surface area contributed by atoms with E-state index in [9.17, 15) is 9.59 Å². The molecule has 5 rings (SSSR count). The highest BCUT2D eigenvalue weighted by molar-refractivity contribution is 6.34. The first kappa shape index (κ1) is 20.0. The van der Waals surface area contributed by atoms with Crippen LogP contribution in [0.3, 0.4) is 0 Å². The highest BCUT2D eigenvalue weighted by Crippen LogP contribution is 2.40. The van der Waals surface area contributed by atoms with Crippen LogP contribution in [0, 0.1) is 6.92 Å². The number of nitrogens with zero attached hydrogens (tertiary/aromatic N) is 2. The summed E-state index contributed by atoms with van der Waals surface area (Å²) in [5.74, 6) is 0.366. The molecular weight excluding hydrogens is 392 g/mol. The largest absolute Gasteiger partial charge is 0.378 e. The third-order valence-electron chi connectivity index (χ3n) is 6.49. The first-order chi connectivity index (χ1) is 15.1. The first-order valence-corrected chi connectivity index (χ1v) is 11.0. The number of aryl methyl sites for hydroxylation is 1. The van der Waals surface area contributed by atoms with Crippen molar-refractivity contribution in [1.29, 1.82) is 0 Å². The summed E-state index contributed by atoms with van der Waals surface area (Å²) < 4.78 is 7.21.